The molecule has 1 fully saturated rings. The molecule has 7 heteroatoms. The van der Waals surface area contributed by atoms with Crippen molar-refractivity contribution < 1.29 is 14.3 Å². The predicted molar refractivity (Wildman–Crippen MR) is 122 cm³/mol. The van der Waals surface area contributed by atoms with Crippen molar-refractivity contribution in [1.82, 2.24) is 14.9 Å². The number of hydrogen-bond acceptors (Lipinski definition) is 4. The summed E-state index contributed by atoms with van der Waals surface area (Å²) in [4.78, 5) is 34.4. The molecule has 0 bridgehead atoms. The van der Waals surface area contributed by atoms with Gasteiger partial charge in [0, 0.05) is 53.1 Å². The van der Waals surface area contributed by atoms with Gasteiger partial charge < -0.3 is 20.4 Å². The number of morpholine rings is 1. The number of hydrogen-bond donors (Lipinski definition) is 2. The maximum absolute atomic E-state index is 12.9. The lowest BCUT2D eigenvalue weighted by Gasteiger charge is -2.27. The van der Waals surface area contributed by atoms with Crippen molar-refractivity contribution in [3.05, 3.63) is 78.1 Å². The van der Waals surface area contributed by atoms with Crippen LogP contribution in [0.1, 0.15) is 20.7 Å². The molecule has 1 saturated heterocycles. The molecular formula is C25H22N4O3. The van der Waals surface area contributed by atoms with Gasteiger partial charge in [-0.2, -0.15) is 0 Å². The number of pyridine rings is 1. The number of aromatic amines is 1. The molecule has 0 radical (unpaired) electrons. The maximum atomic E-state index is 12.9. The summed E-state index contributed by atoms with van der Waals surface area (Å²) in [5.41, 5.74) is 10.8. The average molecular weight is 426 g/mol. The van der Waals surface area contributed by atoms with Gasteiger partial charge in [0.2, 0.25) is 5.91 Å². The molecule has 0 atom stereocenters. The van der Waals surface area contributed by atoms with Crippen LogP contribution in [0, 0.1) is 0 Å². The number of carbonyl (C=O) groups excluding carboxylic acids is 2. The fourth-order valence-corrected chi connectivity index (χ4v) is 4.10. The van der Waals surface area contributed by atoms with Gasteiger partial charge in [-0.3, -0.25) is 9.59 Å². The van der Waals surface area contributed by atoms with E-state index in [4.69, 9.17) is 10.5 Å². The number of nitrogens with one attached hydrogen (secondary N) is 1. The van der Waals surface area contributed by atoms with E-state index >= 15 is 0 Å². The molecular weight excluding hydrogens is 404 g/mol. The van der Waals surface area contributed by atoms with E-state index < -0.39 is 5.91 Å². The van der Waals surface area contributed by atoms with Crippen molar-refractivity contribution in [2.45, 2.75) is 0 Å². The lowest BCUT2D eigenvalue weighted by molar-refractivity contribution is 0.0303. The second-order valence-corrected chi connectivity index (χ2v) is 7.72. The summed E-state index contributed by atoms with van der Waals surface area (Å²) in [6.45, 7) is 2.33. The molecule has 32 heavy (non-hydrogen) atoms. The van der Waals surface area contributed by atoms with Gasteiger partial charge in [0.1, 0.15) is 5.65 Å². The molecule has 0 unspecified atom stereocenters. The molecule has 2 aromatic carbocycles. The first-order valence-electron chi connectivity index (χ1n) is 10.5. The van der Waals surface area contributed by atoms with E-state index in [0.29, 0.717) is 43.1 Å². The fourth-order valence-electron chi connectivity index (χ4n) is 4.10. The Morgan fingerprint density at radius 1 is 0.969 bits per heavy atom. The first kappa shape index (κ1) is 20.0. The summed E-state index contributed by atoms with van der Waals surface area (Å²) in [7, 11) is 0. The van der Waals surface area contributed by atoms with Gasteiger partial charge in [0.15, 0.2) is 0 Å². The van der Waals surface area contributed by atoms with E-state index in [9.17, 15) is 9.59 Å². The highest BCUT2D eigenvalue weighted by atomic mass is 16.5. The third kappa shape index (κ3) is 3.63. The Hall–Kier alpha value is -3.97. The molecule has 1 aliphatic rings. The Morgan fingerprint density at radius 2 is 1.78 bits per heavy atom. The smallest absolute Gasteiger partial charge is 0.254 e. The van der Waals surface area contributed by atoms with E-state index in [1.54, 1.807) is 18.3 Å². The second kappa shape index (κ2) is 8.28. The van der Waals surface area contributed by atoms with Gasteiger partial charge in [-0.25, -0.2) is 4.98 Å². The monoisotopic (exact) mass is 426 g/mol. The maximum Gasteiger partial charge on any atom is 0.254 e. The minimum Gasteiger partial charge on any atom is -0.378 e. The molecule has 4 aromatic rings. The molecule has 160 valence electrons. The summed E-state index contributed by atoms with van der Waals surface area (Å²) in [6, 6.07) is 16.8. The summed E-state index contributed by atoms with van der Waals surface area (Å²) >= 11 is 0. The van der Waals surface area contributed by atoms with Crippen molar-refractivity contribution >= 4 is 22.8 Å². The fraction of sp³-hybridized carbons (Fsp3) is 0.160. The van der Waals surface area contributed by atoms with Gasteiger partial charge in [0.25, 0.3) is 5.91 Å². The van der Waals surface area contributed by atoms with Crippen LogP contribution in [0.4, 0.5) is 0 Å². The second-order valence-electron chi connectivity index (χ2n) is 7.72. The average Bonchev–Trinajstić information content (AvgIpc) is 3.27. The van der Waals surface area contributed by atoms with E-state index in [-0.39, 0.29) is 5.91 Å². The molecule has 0 saturated carbocycles. The quantitative estimate of drug-likeness (QED) is 0.522. The third-order valence-corrected chi connectivity index (χ3v) is 5.75. The number of primary amides is 1. The van der Waals surface area contributed by atoms with Gasteiger partial charge in [-0.05, 0) is 35.4 Å². The highest BCUT2D eigenvalue weighted by molar-refractivity contribution is 6.05. The normalized spacial score (nSPS) is 13.9. The summed E-state index contributed by atoms with van der Waals surface area (Å²) in [6.07, 6.45) is 3.61. The van der Waals surface area contributed by atoms with Crippen molar-refractivity contribution in [1.29, 1.82) is 0 Å². The van der Waals surface area contributed by atoms with Gasteiger partial charge >= 0.3 is 0 Å². The largest absolute Gasteiger partial charge is 0.378 e. The molecule has 0 aliphatic carbocycles. The first-order chi connectivity index (χ1) is 15.6. The number of benzene rings is 2. The number of ether oxygens (including phenoxy) is 1. The Balaban J connectivity index is 1.55. The van der Waals surface area contributed by atoms with Crippen LogP contribution in [0.25, 0.3) is 33.3 Å². The molecule has 2 aromatic heterocycles. The number of fused-ring (bicyclic) bond motifs is 1. The molecule has 7 nitrogen and oxygen atoms in total. The van der Waals surface area contributed by atoms with Crippen molar-refractivity contribution in [2.75, 3.05) is 26.3 Å². The van der Waals surface area contributed by atoms with Crippen LogP contribution in [0.15, 0.2) is 67.0 Å². The van der Waals surface area contributed by atoms with Gasteiger partial charge in [0.05, 0.1) is 13.2 Å². The number of H-pyrrole nitrogens is 1. The SMILES string of the molecule is NC(=O)c1ccccc1-c1c[nH]c2ncc(-c3cccc(C(=O)N4CCOCC4)c3)cc12. The minimum absolute atomic E-state index is 0.00177. The Bertz CT molecular complexity index is 1320. The molecule has 1 aliphatic heterocycles. The number of carbonyl (C=O) groups is 2. The topological polar surface area (TPSA) is 101 Å². The zero-order chi connectivity index (χ0) is 22.1. The molecule has 0 spiro atoms. The molecule has 3 heterocycles. The predicted octanol–water partition coefficient (Wildman–Crippen LogP) is 3.47. The lowest BCUT2D eigenvalue weighted by Crippen LogP contribution is -2.40. The zero-order valence-electron chi connectivity index (χ0n) is 17.4. The minimum atomic E-state index is -0.478. The Morgan fingerprint density at radius 3 is 2.59 bits per heavy atom. The van der Waals surface area contributed by atoms with Crippen molar-refractivity contribution in [3.8, 4) is 22.3 Å². The third-order valence-electron chi connectivity index (χ3n) is 5.75. The number of amides is 2. The van der Waals surface area contributed by atoms with Crippen LogP contribution in [0.5, 0.6) is 0 Å². The number of aromatic nitrogens is 2. The summed E-state index contributed by atoms with van der Waals surface area (Å²) in [5, 5.41) is 0.876. The summed E-state index contributed by atoms with van der Waals surface area (Å²) < 4.78 is 5.35. The van der Waals surface area contributed by atoms with Crippen LogP contribution in [0.2, 0.25) is 0 Å². The summed E-state index contributed by atoms with van der Waals surface area (Å²) in [5.74, 6) is -0.477. The first-order valence-corrected chi connectivity index (χ1v) is 10.5. The van der Waals surface area contributed by atoms with Gasteiger partial charge in [-0.15, -0.1) is 0 Å². The highest BCUT2D eigenvalue weighted by Gasteiger charge is 2.19. The van der Waals surface area contributed by atoms with E-state index in [1.807, 2.05) is 53.6 Å². The standard InChI is InChI=1S/C25H22N4O3/c26-23(30)20-7-2-1-6-19(20)22-15-28-24-21(22)13-18(14-27-24)16-4-3-5-17(12-16)25(31)29-8-10-32-11-9-29/h1-7,12-15H,8-11H2,(H2,26,30)(H,27,28). The molecule has 5 rings (SSSR count). The Kier molecular flexibility index (Phi) is 5.17. The van der Waals surface area contributed by atoms with Crippen LogP contribution < -0.4 is 5.73 Å². The molecule has 3 N–H and O–H groups in total. The van der Waals surface area contributed by atoms with Crippen molar-refractivity contribution in [2.24, 2.45) is 5.73 Å². The molecule has 2 amide bonds. The number of nitrogens with two attached hydrogens (primary N) is 1. The lowest BCUT2D eigenvalue weighted by atomic mass is 9.97. The zero-order valence-corrected chi connectivity index (χ0v) is 17.4. The van der Waals surface area contributed by atoms with E-state index in [1.165, 1.54) is 0 Å². The van der Waals surface area contributed by atoms with Gasteiger partial charge in [-0.1, -0.05) is 30.3 Å². The number of nitrogens with zero attached hydrogens (tertiary/aromatic N) is 2. The van der Waals surface area contributed by atoms with Crippen LogP contribution in [0.3, 0.4) is 0 Å². The Labute approximate surface area is 184 Å². The van der Waals surface area contributed by atoms with Crippen molar-refractivity contribution in [3.63, 3.8) is 0 Å². The number of rotatable bonds is 4. The van der Waals surface area contributed by atoms with Crippen LogP contribution >= 0.6 is 0 Å². The van der Waals surface area contributed by atoms with Crippen LogP contribution in [-0.4, -0.2) is 53.0 Å². The highest BCUT2D eigenvalue weighted by Crippen LogP contribution is 2.33. The van der Waals surface area contributed by atoms with E-state index in [0.717, 1.165) is 27.6 Å². The van der Waals surface area contributed by atoms with Crippen LogP contribution in [-0.2, 0) is 4.74 Å². The van der Waals surface area contributed by atoms with E-state index in [2.05, 4.69) is 9.97 Å².